The Bertz CT molecular complexity index is 1170. The number of halogens is 1. The predicted octanol–water partition coefficient (Wildman–Crippen LogP) is 5.54. The Balaban J connectivity index is 1.31. The molecule has 2 aromatic carbocycles. The van der Waals surface area contributed by atoms with E-state index in [1.807, 2.05) is 52.7 Å². The lowest BCUT2D eigenvalue weighted by Gasteiger charge is -2.18. The van der Waals surface area contributed by atoms with Crippen molar-refractivity contribution in [2.24, 2.45) is 0 Å². The van der Waals surface area contributed by atoms with Gasteiger partial charge in [-0.05, 0) is 36.1 Å². The second-order valence-corrected chi connectivity index (χ2v) is 8.42. The highest BCUT2D eigenvalue weighted by Gasteiger charge is 2.29. The molecule has 4 aromatic rings. The van der Waals surface area contributed by atoms with E-state index in [1.165, 1.54) is 0 Å². The molecule has 0 unspecified atom stereocenters. The van der Waals surface area contributed by atoms with Crippen molar-refractivity contribution >= 4 is 46.0 Å². The van der Waals surface area contributed by atoms with Gasteiger partial charge in [0, 0.05) is 46.2 Å². The van der Waals surface area contributed by atoms with E-state index in [-0.39, 0.29) is 11.9 Å². The molecule has 1 amide bonds. The van der Waals surface area contributed by atoms with E-state index >= 15 is 0 Å². The Hall–Kier alpha value is -2.83. The fraction of sp³-hybridized carbons (Fsp3) is 0.182. The summed E-state index contributed by atoms with van der Waals surface area (Å²) in [5, 5.41) is 5.96. The van der Waals surface area contributed by atoms with Gasteiger partial charge in [0.15, 0.2) is 5.58 Å². The van der Waals surface area contributed by atoms with Crippen LogP contribution in [0.2, 0.25) is 5.02 Å². The molecule has 5 rings (SSSR count). The first-order valence-electron chi connectivity index (χ1n) is 9.42. The molecule has 0 aliphatic carbocycles. The fourth-order valence-corrected chi connectivity index (χ4v) is 4.61. The molecule has 1 saturated heterocycles. The molecule has 1 N–H and O–H groups in total. The maximum atomic E-state index is 13.2. The van der Waals surface area contributed by atoms with Crippen molar-refractivity contribution in [3.05, 3.63) is 70.6 Å². The number of hydrogen-bond donors (Lipinski definition) is 1. The van der Waals surface area contributed by atoms with Gasteiger partial charge in [-0.15, -0.1) is 11.3 Å². The van der Waals surface area contributed by atoms with Crippen LogP contribution < -0.4 is 5.32 Å². The number of carbonyl (C=O) groups excluding carboxylic acids is 1. The van der Waals surface area contributed by atoms with Gasteiger partial charge in [-0.2, -0.15) is 4.98 Å². The minimum atomic E-state index is 0.0580. The fourth-order valence-electron chi connectivity index (χ4n) is 3.68. The highest BCUT2D eigenvalue weighted by atomic mass is 35.5. The van der Waals surface area contributed by atoms with Crippen molar-refractivity contribution in [3.63, 3.8) is 0 Å². The zero-order valence-electron chi connectivity index (χ0n) is 15.5. The normalized spacial score (nSPS) is 16.4. The summed E-state index contributed by atoms with van der Waals surface area (Å²) in [6, 6.07) is 17.8. The van der Waals surface area contributed by atoms with Gasteiger partial charge in [-0.3, -0.25) is 4.79 Å². The van der Waals surface area contributed by atoms with E-state index in [9.17, 15) is 4.79 Å². The number of thiophene rings is 1. The second-order valence-electron chi connectivity index (χ2n) is 7.04. The van der Waals surface area contributed by atoms with Crippen LogP contribution in [-0.2, 0) is 0 Å². The van der Waals surface area contributed by atoms with Gasteiger partial charge in [0.2, 0.25) is 0 Å². The molecule has 0 bridgehead atoms. The number of oxazole rings is 1. The minimum absolute atomic E-state index is 0.0580. The number of rotatable bonds is 4. The Morgan fingerprint density at radius 3 is 2.97 bits per heavy atom. The first kappa shape index (κ1) is 18.2. The predicted molar refractivity (Wildman–Crippen MR) is 117 cm³/mol. The van der Waals surface area contributed by atoms with E-state index < -0.39 is 0 Å². The van der Waals surface area contributed by atoms with Crippen LogP contribution in [0, 0.1) is 0 Å². The topological polar surface area (TPSA) is 58.4 Å². The zero-order chi connectivity index (χ0) is 19.8. The summed E-state index contributed by atoms with van der Waals surface area (Å²) in [5.41, 5.74) is 3.13. The molecule has 1 aliphatic rings. The van der Waals surface area contributed by atoms with Gasteiger partial charge in [0.25, 0.3) is 11.9 Å². The van der Waals surface area contributed by atoms with Gasteiger partial charge in [0.05, 0.1) is 0 Å². The van der Waals surface area contributed by atoms with Crippen LogP contribution in [0.5, 0.6) is 0 Å². The number of nitrogens with zero attached hydrogens (tertiary/aromatic N) is 2. The molecule has 1 fully saturated rings. The lowest BCUT2D eigenvalue weighted by atomic mass is 10.0. The molecule has 0 spiro atoms. The van der Waals surface area contributed by atoms with Crippen molar-refractivity contribution < 1.29 is 9.21 Å². The van der Waals surface area contributed by atoms with Gasteiger partial charge in [0.1, 0.15) is 5.52 Å². The van der Waals surface area contributed by atoms with Crippen LogP contribution in [0.4, 0.5) is 6.01 Å². The Morgan fingerprint density at radius 1 is 1.21 bits per heavy atom. The van der Waals surface area contributed by atoms with Crippen LogP contribution in [0.1, 0.15) is 16.8 Å². The minimum Gasteiger partial charge on any atom is -0.423 e. The summed E-state index contributed by atoms with van der Waals surface area (Å²) in [6.07, 6.45) is 0.840. The average Bonchev–Trinajstić information content (AvgIpc) is 3.48. The first-order chi connectivity index (χ1) is 14.2. The number of fused-ring (bicyclic) bond motifs is 1. The third kappa shape index (κ3) is 3.61. The Labute approximate surface area is 176 Å². The molecule has 1 atom stereocenters. The van der Waals surface area contributed by atoms with E-state index in [2.05, 4.69) is 10.3 Å². The molecule has 0 radical (unpaired) electrons. The quantitative estimate of drug-likeness (QED) is 0.468. The van der Waals surface area contributed by atoms with Gasteiger partial charge in [-0.1, -0.05) is 35.9 Å². The highest BCUT2D eigenvalue weighted by molar-refractivity contribution is 7.13. The number of amides is 1. The van der Waals surface area contributed by atoms with E-state index in [0.717, 1.165) is 27.9 Å². The lowest BCUT2D eigenvalue weighted by molar-refractivity contribution is 0.0792. The summed E-state index contributed by atoms with van der Waals surface area (Å²) in [6.45, 7) is 1.30. The number of likely N-dealkylation sites (tertiary alicyclic amines) is 1. The van der Waals surface area contributed by atoms with Crippen LogP contribution in [0.25, 0.3) is 21.5 Å². The molecule has 5 nitrogen and oxygen atoms in total. The third-order valence-corrected chi connectivity index (χ3v) is 6.24. The molecule has 1 aliphatic heterocycles. The van der Waals surface area contributed by atoms with Gasteiger partial charge < -0.3 is 14.6 Å². The number of aromatic nitrogens is 1. The summed E-state index contributed by atoms with van der Waals surface area (Å²) < 4.78 is 5.75. The average molecular weight is 424 g/mol. The maximum Gasteiger partial charge on any atom is 0.295 e. The van der Waals surface area contributed by atoms with Gasteiger partial charge in [-0.25, -0.2) is 0 Å². The molecule has 146 valence electrons. The maximum absolute atomic E-state index is 13.2. The molecule has 0 saturated carbocycles. The monoisotopic (exact) mass is 423 g/mol. The number of carbonyl (C=O) groups is 1. The number of anilines is 1. The molecule has 3 heterocycles. The smallest absolute Gasteiger partial charge is 0.295 e. The van der Waals surface area contributed by atoms with Gasteiger partial charge >= 0.3 is 0 Å². The SMILES string of the molecule is O=C(c1ccccc1-c1cccs1)N1CC[C@@H](Nc2nc3ccc(Cl)cc3o2)C1. The van der Waals surface area contributed by atoms with Crippen molar-refractivity contribution in [1.29, 1.82) is 0 Å². The summed E-state index contributed by atoms with van der Waals surface area (Å²) >= 11 is 7.65. The molecular formula is C22H18ClN3O2S. The zero-order valence-corrected chi connectivity index (χ0v) is 17.0. The van der Waals surface area contributed by atoms with Crippen molar-refractivity contribution in [1.82, 2.24) is 9.88 Å². The summed E-state index contributed by atoms with van der Waals surface area (Å²) in [7, 11) is 0. The van der Waals surface area contributed by atoms with Crippen molar-refractivity contribution in [2.45, 2.75) is 12.5 Å². The van der Waals surface area contributed by atoms with Crippen molar-refractivity contribution in [3.8, 4) is 10.4 Å². The van der Waals surface area contributed by atoms with Crippen LogP contribution in [0.15, 0.2) is 64.4 Å². The number of benzene rings is 2. The van der Waals surface area contributed by atoms with E-state index in [4.69, 9.17) is 16.0 Å². The highest BCUT2D eigenvalue weighted by Crippen LogP contribution is 2.30. The lowest BCUT2D eigenvalue weighted by Crippen LogP contribution is -2.31. The standard InChI is InChI=1S/C22H18ClN3O2S/c23-14-7-8-18-19(12-14)28-22(25-18)24-15-9-10-26(13-15)21(27)17-5-2-1-4-16(17)20-6-3-11-29-20/h1-8,11-12,15H,9-10,13H2,(H,24,25)/t15-/m1/s1. The molecular weight excluding hydrogens is 406 g/mol. The van der Waals surface area contributed by atoms with Crippen LogP contribution >= 0.6 is 22.9 Å². The second kappa shape index (κ2) is 7.54. The third-order valence-electron chi connectivity index (χ3n) is 5.10. The number of nitrogens with one attached hydrogen (secondary N) is 1. The van der Waals surface area contributed by atoms with E-state index in [1.54, 1.807) is 23.5 Å². The molecule has 2 aromatic heterocycles. The summed E-state index contributed by atoms with van der Waals surface area (Å²) in [4.78, 5) is 20.6. The van der Waals surface area contributed by atoms with Crippen LogP contribution in [0.3, 0.4) is 0 Å². The van der Waals surface area contributed by atoms with Crippen molar-refractivity contribution in [2.75, 3.05) is 18.4 Å². The first-order valence-corrected chi connectivity index (χ1v) is 10.7. The summed E-state index contributed by atoms with van der Waals surface area (Å²) in [5.74, 6) is 0.0580. The number of hydrogen-bond acceptors (Lipinski definition) is 5. The van der Waals surface area contributed by atoms with Crippen LogP contribution in [-0.4, -0.2) is 34.9 Å². The Morgan fingerprint density at radius 2 is 2.10 bits per heavy atom. The largest absolute Gasteiger partial charge is 0.423 e. The van der Waals surface area contributed by atoms with E-state index in [0.29, 0.717) is 29.7 Å². The molecule has 7 heteroatoms. The Kier molecular flexibility index (Phi) is 4.73. The molecule has 29 heavy (non-hydrogen) atoms.